The third-order valence-corrected chi connectivity index (χ3v) is 5.30. The number of anilines is 1. The largest absolute Gasteiger partial charge is 0.353 e. The molecule has 1 aliphatic heterocycles. The second-order valence-electron chi connectivity index (χ2n) is 5.36. The van der Waals surface area contributed by atoms with Crippen molar-refractivity contribution in [2.24, 2.45) is 0 Å². The highest BCUT2D eigenvalue weighted by molar-refractivity contribution is 8.14. The highest BCUT2D eigenvalue weighted by Crippen LogP contribution is 2.25. The van der Waals surface area contributed by atoms with Gasteiger partial charge in [0.2, 0.25) is 17.7 Å². The molecule has 0 spiro atoms. The lowest BCUT2D eigenvalue weighted by molar-refractivity contribution is -0.125. The fraction of sp³-hybridized carbons (Fsp3) is 0.375. The van der Waals surface area contributed by atoms with Crippen molar-refractivity contribution in [2.75, 3.05) is 24.2 Å². The van der Waals surface area contributed by atoms with Crippen molar-refractivity contribution in [3.05, 3.63) is 24.3 Å². The Labute approximate surface area is 154 Å². The first-order valence-electron chi connectivity index (χ1n) is 7.66. The number of carbonyl (C=O) groups is 4. The van der Waals surface area contributed by atoms with Gasteiger partial charge in [0.05, 0.1) is 11.0 Å². The monoisotopic (exact) mass is 381 g/mol. The minimum atomic E-state index is -0.328. The normalized spacial score (nSPS) is 15.2. The summed E-state index contributed by atoms with van der Waals surface area (Å²) in [7, 11) is 0. The molecule has 1 aromatic rings. The molecule has 0 unspecified atom stereocenters. The SMILES string of the molecule is CC(=O)Nc1ccc(S[C@H](C)C(=O)NCCN2C(=O)CSC2=O)cc1. The fourth-order valence-corrected chi connectivity index (χ4v) is 3.75. The molecule has 2 rings (SSSR count). The third-order valence-electron chi connectivity index (χ3n) is 3.33. The van der Waals surface area contributed by atoms with Crippen molar-refractivity contribution in [2.45, 2.75) is 24.0 Å². The van der Waals surface area contributed by atoms with Crippen molar-refractivity contribution in [1.82, 2.24) is 10.2 Å². The topological polar surface area (TPSA) is 95.6 Å². The molecule has 1 aliphatic rings. The van der Waals surface area contributed by atoms with Gasteiger partial charge >= 0.3 is 0 Å². The summed E-state index contributed by atoms with van der Waals surface area (Å²) in [5, 5.41) is 4.83. The van der Waals surface area contributed by atoms with E-state index in [0.29, 0.717) is 5.69 Å². The molecule has 0 radical (unpaired) electrons. The van der Waals surface area contributed by atoms with E-state index < -0.39 is 0 Å². The minimum Gasteiger partial charge on any atom is -0.353 e. The number of thioether (sulfide) groups is 2. The molecule has 9 heteroatoms. The number of nitrogens with one attached hydrogen (secondary N) is 2. The molecule has 1 aromatic carbocycles. The highest BCUT2D eigenvalue weighted by atomic mass is 32.2. The van der Waals surface area contributed by atoms with E-state index in [2.05, 4.69) is 10.6 Å². The minimum absolute atomic E-state index is 0.137. The maximum Gasteiger partial charge on any atom is 0.288 e. The maximum atomic E-state index is 12.1. The number of benzene rings is 1. The van der Waals surface area contributed by atoms with Gasteiger partial charge < -0.3 is 10.6 Å². The van der Waals surface area contributed by atoms with Crippen LogP contribution in [0.3, 0.4) is 0 Å². The standard InChI is InChI=1S/C16H19N3O4S2/c1-10(25-13-5-3-12(4-6-13)18-11(2)20)15(22)17-7-8-19-14(21)9-24-16(19)23/h3-6,10H,7-9H2,1-2H3,(H,17,22)(H,18,20)/t10-/m1/s1. The summed E-state index contributed by atoms with van der Waals surface area (Å²) < 4.78 is 0. The average Bonchev–Trinajstić information content (AvgIpc) is 2.88. The van der Waals surface area contributed by atoms with E-state index in [0.717, 1.165) is 21.6 Å². The summed E-state index contributed by atoms with van der Waals surface area (Å²) in [5.74, 6) is -0.344. The predicted octanol–water partition coefficient (Wildman–Crippen LogP) is 1.94. The van der Waals surface area contributed by atoms with E-state index in [9.17, 15) is 19.2 Å². The lowest BCUT2D eigenvalue weighted by Gasteiger charge is -2.15. The molecule has 0 saturated carbocycles. The van der Waals surface area contributed by atoms with Gasteiger partial charge in [0.1, 0.15) is 0 Å². The first-order chi connectivity index (χ1) is 11.9. The van der Waals surface area contributed by atoms with E-state index in [1.807, 2.05) is 12.1 Å². The molecule has 1 atom stereocenters. The molecule has 0 aromatic heterocycles. The van der Waals surface area contributed by atoms with Crippen LogP contribution in [0.5, 0.6) is 0 Å². The molecule has 1 heterocycles. The number of carbonyl (C=O) groups excluding carboxylic acids is 4. The Morgan fingerprint density at radius 2 is 1.96 bits per heavy atom. The van der Waals surface area contributed by atoms with E-state index in [4.69, 9.17) is 0 Å². The Morgan fingerprint density at radius 1 is 1.28 bits per heavy atom. The Balaban J connectivity index is 1.77. The van der Waals surface area contributed by atoms with Gasteiger partial charge in [-0.1, -0.05) is 11.8 Å². The van der Waals surface area contributed by atoms with Crippen LogP contribution in [0.1, 0.15) is 13.8 Å². The fourth-order valence-electron chi connectivity index (χ4n) is 2.11. The van der Waals surface area contributed by atoms with Gasteiger partial charge in [-0.3, -0.25) is 24.1 Å². The van der Waals surface area contributed by atoms with E-state index in [1.54, 1.807) is 19.1 Å². The Bertz CT molecular complexity index is 662. The van der Waals surface area contributed by atoms with Crippen LogP contribution in [-0.4, -0.2) is 52.0 Å². The molecular weight excluding hydrogens is 362 g/mol. The van der Waals surface area contributed by atoms with Crippen molar-refractivity contribution < 1.29 is 19.2 Å². The highest BCUT2D eigenvalue weighted by Gasteiger charge is 2.29. The number of amides is 4. The molecule has 4 amide bonds. The van der Waals surface area contributed by atoms with Crippen LogP contribution < -0.4 is 10.6 Å². The van der Waals surface area contributed by atoms with Gasteiger partial charge in [-0.05, 0) is 31.2 Å². The second-order valence-corrected chi connectivity index (χ2v) is 7.70. The zero-order chi connectivity index (χ0) is 18.4. The summed E-state index contributed by atoms with van der Waals surface area (Å²) in [6.45, 7) is 3.66. The first-order valence-corrected chi connectivity index (χ1v) is 9.52. The van der Waals surface area contributed by atoms with E-state index >= 15 is 0 Å². The zero-order valence-corrected chi connectivity index (χ0v) is 15.5. The first kappa shape index (κ1) is 19.3. The van der Waals surface area contributed by atoms with Crippen LogP contribution >= 0.6 is 23.5 Å². The van der Waals surface area contributed by atoms with Gasteiger partial charge in [-0.25, -0.2) is 0 Å². The zero-order valence-electron chi connectivity index (χ0n) is 13.9. The Kier molecular flexibility index (Phi) is 6.89. The second kappa shape index (κ2) is 8.91. The van der Waals surface area contributed by atoms with Gasteiger partial charge in [0.25, 0.3) is 5.24 Å². The van der Waals surface area contributed by atoms with Crippen LogP contribution in [0.4, 0.5) is 10.5 Å². The van der Waals surface area contributed by atoms with Crippen molar-refractivity contribution in [1.29, 1.82) is 0 Å². The van der Waals surface area contributed by atoms with Crippen LogP contribution in [0.2, 0.25) is 0 Å². The molecule has 0 bridgehead atoms. The third kappa shape index (κ3) is 5.79. The number of rotatable bonds is 7. The predicted molar refractivity (Wildman–Crippen MR) is 98.6 cm³/mol. The maximum absolute atomic E-state index is 12.1. The van der Waals surface area contributed by atoms with Crippen LogP contribution in [0.25, 0.3) is 0 Å². The summed E-state index contributed by atoms with van der Waals surface area (Å²) in [5.41, 5.74) is 0.701. The quantitative estimate of drug-likeness (QED) is 0.701. The lowest BCUT2D eigenvalue weighted by atomic mass is 10.3. The average molecular weight is 381 g/mol. The molecule has 0 aliphatic carbocycles. The molecule has 1 saturated heterocycles. The summed E-state index contributed by atoms with van der Waals surface area (Å²) in [6, 6.07) is 7.21. The van der Waals surface area contributed by atoms with Crippen LogP contribution in [-0.2, 0) is 14.4 Å². The summed E-state index contributed by atoms with van der Waals surface area (Å²) >= 11 is 2.37. The Morgan fingerprint density at radius 3 is 2.52 bits per heavy atom. The molecule has 1 fully saturated rings. The number of imide groups is 1. The lowest BCUT2D eigenvalue weighted by Crippen LogP contribution is -2.39. The van der Waals surface area contributed by atoms with Gasteiger partial charge in [0, 0.05) is 30.6 Å². The summed E-state index contributed by atoms with van der Waals surface area (Å²) in [6.07, 6.45) is 0. The number of hydrogen-bond acceptors (Lipinski definition) is 6. The number of hydrogen-bond donors (Lipinski definition) is 2. The molecular formula is C16H19N3O4S2. The summed E-state index contributed by atoms with van der Waals surface area (Å²) in [4.78, 5) is 48.1. The van der Waals surface area contributed by atoms with Crippen LogP contribution in [0, 0.1) is 0 Å². The van der Waals surface area contributed by atoms with Gasteiger partial charge in [-0.2, -0.15) is 0 Å². The van der Waals surface area contributed by atoms with Crippen molar-refractivity contribution in [3.8, 4) is 0 Å². The van der Waals surface area contributed by atoms with E-state index in [1.165, 1.54) is 18.7 Å². The number of nitrogens with zero attached hydrogens (tertiary/aromatic N) is 1. The molecule has 2 N–H and O–H groups in total. The van der Waals surface area contributed by atoms with E-state index in [-0.39, 0.29) is 47.1 Å². The molecule has 7 nitrogen and oxygen atoms in total. The van der Waals surface area contributed by atoms with Crippen LogP contribution in [0.15, 0.2) is 29.2 Å². The molecule has 134 valence electrons. The van der Waals surface area contributed by atoms with Gasteiger partial charge in [-0.15, -0.1) is 11.8 Å². The van der Waals surface area contributed by atoms with Crippen molar-refractivity contribution >= 4 is 52.2 Å². The van der Waals surface area contributed by atoms with Crippen molar-refractivity contribution in [3.63, 3.8) is 0 Å². The molecule has 25 heavy (non-hydrogen) atoms. The Hall–Kier alpha value is -2.00. The smallest absolute Gasteiger partial charge is 0.288 e. The van der Waals surface area contributed by atoms with Gasteiger partial charge in [0.15, 0.2) is 0 Å².